The molecule has 7 aromatic rings. The second-order valence-corrected chi connectivity index (χ2v) is 11.1. The van der Waals surface area contributed by atoms with E-state index in [1.165, 1.54) is 0 Å². The Morgan fingerprint density at radius 2 is 1.71 bits per heavy atom. The average Bonchev–Trinajstić information content (AvgIpc) is 3.51. The fourth-order valence-electron chi connectivity index (χ4n) is 5.70. The van der Waals surface area contributed by atoms with E-state index < -0.39 is 11.2 Å². The van der Waals surface area contributed by atoms with Crippen LogP contribution in [0.15, 0.2) is 69.5 Å². The number of nitrogens with zero attached hydrogens (tertiary/aromatic N) is 2. The number of benzene rings is 3. The largest absolute Gasteiger partial charge is 0.455 e. The van der Waals surface area contributed by atoms with Crippen LogP contribution < -0.4 is 11.1 Å². The van der Waals surface area contributed by atoms with E-state index in [2.05, 4.69) is 23.2 Å². The monoisotopic (exact) mass is 528 g/mol. The van der Waals surface area contributed by atoms with Crippen molar-refractivity contribution >= 4 is 70.6 Å². The fraction of sp³-hybridized carbons (Fsp3) is 0.118. The van der Waals surface area contributed by atoms with Crippen molar-refractivity contribution < 1.29 is 13.2 Å². The molecule has 0 unspecified atom stereocenters. The molecule has 0 atom stereocenters. The number of para-hydroxylation sites is 1. The number of aromatic nitrogens is 1. The first kappa shape index (κ1) is 25.0. The first-order chi connectivity index (χ1) is 19.7. The van der Waals surface area contributed by atoms with Gasteiger partial charge in [-0.05, 0) is 70.6 Å². The van der Waals surface area contributed by atoms with Gasteiger partial charge in [-0.15, -0.1) is 0 Å². The average molecular weight is 528 g/mol. The van der Waals surface area contributed by atoms with Crippen LogP contribution in [0.1, 0.15) is 31.9 Å². The summed E-state index contributed by atoms with van der Waals surface area (Å²) in [5, 5.41) is 13.5. The minimum absolute atomic E-state index is 0.0775. The summed E-state index contributed by atoms with van der Waals surface area (Å²) in [5.41, 5.74) is 4.45. The van der Waals surface area contributed by atoms with Gasteiger partial charge < -0.3 is 8.83 Å². The topological polar surface area (TPSA) is 63.0 Å². The van der Waals surface area contributed by atoms with Crippen molar-refractivity contribution in [2.75, 3.05) is 0 Å². The Balaban J connectivity index is 1.50. The smallest absolute Gasteiger partial charge is 0.185 e. The lowest BCUT2D eigenvalue weighted by Gasteiger charge is -2.24. The van der Waals surface area contributed by atoms with Crippen LogP contribution in [-0.4, -0.2) is 20.7 Å². The number of hydrogen-bond acceptors (Lipinski definition) is 4. The second kappa shape index (κ2) is 8.75. The first-order valence-corrected chi connectivity index (χ1v) is 13.1. The van der Waals surface area contributed by atoms with Gasteiger partial charge in [0.15, 0.2) is 5.58 Å². The number of halogens is 1. The number of pyridine rings is 1. The summed E-state index contributed by atoms with van der Waals surface area (Å²) in [5.74, 6) is -0.588. The van der Waals surface area contributed by atoms with E-state index in [1.54, 1.807) is 18.2 Å². The van der Waals surface area contributed by atoms with Crippen LogP contribution in [0.3, 0.4) is 0 Å². The summed E-state index contributed by atoms with van der Waals surface area (Å²) in [4.78, 5) is 4.54. The van der Waals surface area contributed by atoms with Crippen molar-refractivity contribution in [3.63, 3.8) is 0 Å². The Labute approximate surface area is 238 Å². The molecule has 7 heteroatoms. The van der Waals surface area contributed by atoms with Gasteiger partial charge in [0.2, 0.25) is 0 Å². The lowest BCUT2D eigenvalue weighted by atomic mass is 9.76. The van der Waals surface area contributed by atoms with Crippen molar-refractivity contribution in [1.82, 2.24) is 4.98 Å². The molecule has 0 fully saturated rings. The Morgan fingerprint density at radius 3 is 2.49 bits per heavy atom. The zero-order valence-corrected chi connectivity index (χ0v) is 22.5. The summed E-state index contributed by atoms with van der Waals surface area (Å²) in [6, 6.07) is 26.9. The summed E-state index contributed by atoms with van der Waals surface area (Å²) in [6.07, 6.45) is 0. The molecule has 41 heavy (non-hydrogen) atoms. The molecule has 190 valence electrons. The third-order valence-corrected chi connectivity index (χ3v) is 7.53. The molecule has 0 amide bonds. The van der Waals surface area contributed by atoms with Gasteiger partial charge in [0.05, 0.1) is 17.3 Å². The molecule has 0 aliphatic heterocycles. The molecule has 0 bridgehead atoms. The maximum atomic E-state index is 15.6. The lowest BCUT2D eigenvalue weighted by Crippen LogP contribution is -2.34. The van der Waals surface area contributed by atoms with Crippen molar-refractivity contribution in [1.29, 1.82) is 5.26 Å². The Bertz CT molecular complexity index is 2250. The molecule has 4 radical (unpaired) electrons. The maximum Gasteiger partial charge on any atom is 0.185 e. The van der Waals surface area contributed by atoms with E-state index in [-0.39, 0.29) is 22.3 Å². The molecule has 4 aromatic carbocycles. The number of fused-ring (bicyclic) bond motifs is 6. The molecule has 0 aliphatic carbocycles. The molecule has 0 saturated heterocycles. The van der Waals surface area contributed by atoms with E-state index in [1.807, 2.05) is 63.2 Å². The lowest BCUT2D eigenvalue weighted by molar-refractivity contribution is 0.529. The van der Waals surface area contributed by atoms with E-state index in [4.69, 9.17) is 24.5 Å². The van der Waals surface area contributed by atoms with Crippen LogP contribution in [0.25, 0.3) is 66.3 Å². The molecule has 4 nitrogen and oxygen atoms in total. The van der Waals surface area contributed by atoms with Gasteiger partial charge in [0.1, 0.15) is 38.3 Å². The van der Waals surface area contributed by atoms with Crippen LogP contribution in [0.2, 0.25) is 0 Å². The van der Waals surface area contributed by atoms with Gasteiger partial charge in [0, 0.05) is 38.2 Å². The van der Waals surface area contributed by atoms with Crippen LogP contribution in [0.5, 0.6) is 0 Å². The zero-order chi connectivity index (χ0) is 28.6. The summed E-state index contributed by atoms with van der Waals surface area (Å²) in [6.45, 7) is 5.57. The highest BCUT2D eigenvalue weighted by Gasteiger charge is 2.26. The van der Waals surface area contributed by atoms with E-state index in [9.17, 15) is 5.26 Å². The zero-order valence-electron chi connectivity index (χ0n) is 22.5. The van der Waals surface area contributed by atoms with Crippen LogP contribution in [0.4, 0.5) is 4.39 Å². The molecule has 0 spiro atoms. The highest BCUT2D eigenvalue weighted by atomic mass is 19.1. The van der Waals surface area contributed by atoms with Crippen molar-refractivity contribution in [2.45, 2.75) is 26.2 Å². The normalized spacial score (nSPS) is 11.9. The summed E-state index contributed by atoms with van der Waals surface area (Å²) >= 11 is 0. The number of furan rings is 2. The van der Waals surface area contributed by atoms with Gasteiger partial charge in [-0.3, -0.25) is 4.98 Å². The van der Waals surface area contributed by atoms with E-state index >= 15 is 4.39 Å². The molecule has 3 aromatic heterocycles. The van der Waals surface area contributed by atoms with Crippen LogP contribution in [-0.2, 0) is 5.41 Å². The standard InChI is InChI=1S/C34H19B2FN2O2/c1-34(2,3)27-29(37)28(35)30(39-33(27)36)23-9-6-8-21-22-14-12-18(16-38)26(32(22)41-31(21)23)17-11-13-20-19-7-4-5-10-24(19)40-25(20)15-17/h4,6-9,11-15H,1-3H3. The van der Waals surface area contributed by atoms with Crippen molar-refractivity contribution in [3.8, 4) is 28.5 Å². The van der Waals surface area contributed by atoms with Gasteiger partial charge in [-0.2, -0.15) is 5.26 Å². The van der Waals surface area contributed by atoms with Crippen LogP contribution >= 0.6 is 0 Å². The van der Waals surface area contributed by atoms with E-state index in [0.717, 1.165) is 27.1 Å². The first-order valence-electron chi connectivity index (χ1n) is 13.1. The minimum Gasteiger partial charge on any atom is -0.455 e. The number of hydrogen-bond donors (Lipinski definition) is 0. The quantitative estimate of drug-likeness (QED) is 0.234. The molecule has 0 saturated carbocycles. The van der Waals surface area contributed by atoms with E-state index in [0.29, 0.717) is 39.0 Å². The molecular formula is C34H19B2FN2O2. The SMILES string of the molecule is [B]c1nc(-c2cccc3c2oc2c(-c4ccc5c(c4)oc4c#cccc45)c(C#N)ccc23)c([B])c(F)c1C(C)(C)C. The second-order valence-electron chi connectivity index (χ2n) is 11.1. The Hall–Kier alpha value is -5.00. The van der Waals surface area contributed by atoms with Gasteiger partial charge in [0.25, 0.3) is 0 Å². The van der Waals surface area contributed by atoms with Gasteiger partial charge >= 0.3 is 0 Å². The molecule has 7 rings (SSSR count). The third kappa shape index (κ3) is 3.66. The molecule has 0 aliphatic rings. The number of rotatable bonds is 2. The fourth-order valence-corrected chi connectivity index (χ4v) is 5.70. The third-order valence-electron chi connectivity index (χ3n) is 7.53. The van der Waals surface area contributed by atoms with Gasteiger partial charge in [-0.1, -0.05) is 45.0 Å². The molecule has 3 heterocycles. The summed E-state index contributed by atoms with van der Waals surface area (Å²) < 4.78 is 28.1. The maximum absolute atomic E-state index is 15.6. The molecule has 0 N–H and O–H groups in total. The van der Waals surface area contributed by atoms with Crippen molar-refractivity contribution in [3.05, 3.63) is 89.7 Å². The highest BCUT2D eigenvalue weighted by molar-refractivity contribution is 6.38. The minimum atomic E-state index is -0.588. The van der Waals surface area contributed by atoms with Crippen LogP contribution in [0, 0.1) is 29.3 Å². The highest BCUT2D eigenvalue weighted by Crippen LogP contribution is 2.42. The Morgan fingerprint density at radius 1 is 0.927 bits per heavy atom. The van der Waals surface area contributed by atoms with Gasteiger partial charge in [-0.25, -0.2) is 4.39 Å². The summed E-state index contributed by atoms with van der Waals surface area (Å²) in [7, 11) is 12.6. The Kier molecular flexibility index (Phi) is 5.34. The van der Waals surface area contributed by atoms with Crippen molar-refractivity contribution in [2.24, 2.45) is 0 Å². The predicted molar refractivity (Wildman–Crippen MR) is 161 cm³/mol. The number of nitriles is 1. The predicted octanol–water partition coefficient (Wildman–Crippen LogP) is 6.71. The molecular weight excluding hydrogens is 509 g/mol.